The average Bonchev–Trinajstić information content (AvgIpc) is 2.28. The lowest BCUT2D eigenvalue weighted by molar-refractivity contribution is -0.150. The van der Waals surface area contributed by atoms with Gasteiger partial charge in [0.15, 0.2) is 0 Å². The molecule has 5 heteroatoms. The number of nitrogens with zero attached hydrogens (tertiary/aromatic N) is 2. The van der Waals surface area contributed by atoms with Crippen LogP contribution in [0.25, 0.3) is 0 Å². The maximum Gasteiger partial charge on any atom is 0.242 e. The van der Waals surface area contributed by atoms with Crippen molar-refractivity contribution < 1.29 is 9.59 Å². The lowest BCUT2D eigenvalue weighted by Gasteiger charge is -2.43. The second-order valence-corrected chi connectivity index (χ2v) is 5.33. The highest BCUT2D eigenvalue weighted by molar-refractivity contribution is 5.87. The lowest BCUT2D eigenvalue weighted by atomic mass is 10.1. The standard InChI is InChI=1S/C12H21N3O2/c1-9(2)3-4-14-7-10-5-13-6-11(16)15(10)8-12(14)17/h9-10,13H,3-8H2,1-2H3. The second-order valence-electron chi connectivity index (χ2n) is 5.33. The Morgan fingerprint density at radius 3 is 2.82 bits per heavy atom. The van der Waals surface area contributed by atoms with Gasteiger partial charge in [0.1, 0.15) is 6.54 Å². The smallest absolute Gasteiger partial charge is 0.242 e. The number of carbonyl (C=O) groups is 2. The second kappa shape index (κ2) is 5.04. The topological polar surface area (TPSA) is 52.7 Å². The minimum atomic E-state index is 0.0538. The molecule has 2 aliphatic heterocycles. The van der Waals surface area contributed by atoms with Gasteiger partial charge in [-0.2, -0.15) is 0 Å². The molecule has 96 valence electrons. The van der Waals surface area contributed by atoms with Crippen LogP contribution in [0.5, 0.6) is 0 Å². The Kier molecular flexibility index (Phi) is 3.66. The van der Waals surface area contributed by atoms with Gasteiger partial charge < -0.3 is 15.1 Å². The Morgan fingerprint density at radius 2 is 2.12 bits per heavy atom. The van der Waals surface area contributed by atoms with Crippen LogP contribution in [0.4, 0.5) is 0 Å². The Labute approximate surface area is 102 Å². The molecule has 0 radical (unpaired) electrons. The van der Waals surface area contributed by atoms with Crippen molar-refractivity contribution in [2.75, 3.05) is 32.7 Å². The number of fused-ring (bicyclic) bond motifs is 1. The highest BCUT2D eigenvalue weighted by Crippen LogP contribution is 2.14. The molecule has 17 heavy (non-hydrogen) atoms. The van der Waals surface area contributed by atoms with Crippen LogP contribution in [0, 0.1) is 5.92 Å². The van der Waals surface area contributed by atoms with E-state index in [-0.39, 0.29) is 24.4 Å². The van der Waals surface area contributed by atoms with Gasteiger partial charge >= 0.3 is 0 Å². The molecule has 0 spiro atoms. The van der Waals surface area contributed by atoms with Gasteiger partial charge in [0.05, 0.1) is 12.6 Å². The predicted molar refractivity (Wildman–Crippen MR) is 64.4 cm³/mol. The third-order valence-corrected chi connectivity index (χ3v) is 3.48. The highest BCUT2D eigenvalue weighted by atomic mass is 16.2. The third kappa shape index (κ3) is 2.77. The van der Waals surface area contributed by atoms with Crippen molar-refractivity contribution in [2.45, 2.75) is 26.3 Å². The van der Waals surface area contributed by atoms with Crippen LogP contribution in [0.1, 0.15) is 20.3 Å². The van der Waals surface area contributed by atoms with Crippen LogP contribution in [-0.4, -0.2) is 60.4 Å². The monoisotopic (exact) mass is 239 g/mol. The van der Waals surface area contributed by atoms with E-state index in [1.54, 1.807) is 4.90 Å². The zero-order valence-corrected chi connectivity index (χ0v) is 10.6. The number of hydrogen-bond donors (Lipinski definition) is 1. The van der Waals surface area contributed by atoms with E-state index >= 15 is 0 Å². The molecule has 1 unspecified atom stereocenters. The molecule has 1 atom stereocenters. The zero-order valence-electron chi connectivity index (χ0n) is 10.6. The van der Waals surface area contributed by atoms with E-state index in [4.69, 9.17) is 0 Å². The summed E-state index contributed by atoms with van der Waals surface area (Å²) < 4.78 is 0. The molecule has 2 saturated heterocycles. The highest BCUT2D eigenvalue weighted by Gasteiger charge is 2.36. The normalized spacial score (nSPS) is 25.5. The molecule has 0 saturated carbocycles. The zero-order chi connectivity index (χ0) is 12.4. The molecule has 0 aromatic rings. The molecule has 2 aliphatic rings. The number of nitrogens with one attached hydrogen (secondary N) is 1. The van der Waals surface area contributed by atoms with Gasteiger partial charge in [-0.3, -0.25) is 9.59 Å². The minimum absolute atomic E-state index is 0.0538. The van der Waals surface area contributed by atoms with Crippen LogP contribution in [0.2, 0.25) is 0 Å². The van der Waals surface area contributed by atoms with Crippen molar-refractivity contribution in [1.82, 2.24) is 15.1 Å². The van der Waals surface area contributed by atoms with Crippen LogP contribution in [0.3, 0.4) is 0 Å². The van der Waals surface area contributed by atoms with Crippen molar-refractivity contribution in [3.8, 4) is 0 Å². The fourth-order valence-corrected chi connectivity index (χ4v) is 2.37. The Balaban J connectivity index is 1.95. The third-order valence-electron chi connectivity index (χ3n) is 3.48. The van der Waals surface area contributed by atoms with Crippen molar-refractivity contribution in [3.05, 3.63) is 0 Å². The minimum Gasteiger partial charge on any atom is -0.339 e. The van der Waals surface area contributed by atoms with Gasteiger partial charge in [0.2, 0.25) is 11.8 Å². The lowest BCUT2D eigenvalue weighted by Crippen LogP contribution is -2.65. The first-order chi connectivity index (χ1) is 8.08. The number of amides is 2. The molecular formula is C12H21N3O2. The Hall–Kier alpha value is -1.10. The molecule has 2 fully saturated rings. The van der Waals surface area contributed by atoms with Gasteiger partial charge in [0, 0.05) is 19.6 Å². The number of hydrogen-bond acceptors (Lipinski definition) is 3. The van der Waals surface area contributed by atoms with Crippen LogP contribution in [-0.2, 0) is 9.59 Å². The van der Waals surface area contributed by atoms with E-state index in [0.29, 0.717) is 19.0 Å². The SMILES string of the molecule is CC(C)CCN1CC2CNCC(=O)N2CC1=O. The molecule has 1 N–H and O–H groups in total. The van der Waals surface area contributed by atoms with Crippen molar-refractivity contribution in [2.24, 2.45) is 5.92 Å². The largest absolute Gasteiger partial charge is 0.339 e. The van der Waals surface area contributed by atoms with Crippen molar-refractivity contribution in [3.63, 3.8) is 0 Å². The molecule has 2 amide bonds. The van der Waals surface area contributed by atoms with E-state index in [9.17, 15) is 9.59 Å². The first-order valence-corrected chi connectivity index (χ1v) is 6.36. The summed E-state index contributed by atoms with van der Waals surface area (Å²) in [5.41, 5.74) is 0. The molecule has 2 heterocycles. The molecule has 0 aliphatic carbocycles. The maximum absolute atomic E-state index is 11.9. The molecule has 0 aromatic heterocycles. The Bertz CT molecular complexity index is 317. The number of carbonyl (C=O) groups excluding carboxylic acids is 2. The summed E-state index contributed by atoms with van der Waals surface area (Å²) in [5.74, 6) is 0.752. The van der Waals surface area contributed by atoms with E-state index < -0.39 is 0 Å². The van der Waals surface area contributed by atoms with Crippen LogP contribution < -0.4 is 5.32 Å². The number of rotatable bonds is 3. The van der Waals surface area contributed by atoms with E-state index in [1.807, 2.05) is 4.90 Å². The van der Waals surface area contributed by atoms with E-state index in [0.717, 1.165) is 19.5 Å². The molecule has 2 rings (SSSR count). The molecule has 5 nitrogen and oxygen atoms in total. The van der Waals surface area contributed by atoms with E-state index in [1.165, 1.54) is 0 Å². The van der Waals surface area contributed by atoms with Crippen LogP contribution in [0.15, 0.2) is 0 Å². The average molecular weight is 239 g/mol. The van der Waals surface area contributed by atoms with E-state index in [2.05, 4.69) is 19.2 Å². The van der Waals surface area contributed by atoms with Crippen molar-refractivity contribution >= 4 is 11.8 Å². The van der Waals surface area contributed by atoms with Gasteiger partial charge in [0.25, 0.3) is 0 Å². The van der Waals surface area contributed by atoms with Crippen molar-refractivity contribution in [1.29, 1.82) is 0 Å². The van der Waals surface area contributed by atoms with Gasteiger partial charge in [-0.15, -0.1) is 0 Å². The van der Waals surface area contributed by atoms with Crippen LogP contribution >= 0.6 is 0 Å². The molecule has 0 aromatic carbocycles. The first kappa shape index (κ1) is 12.4. The summed E-state index contributed by atoms with van der Waals surface area (Å²) in [4.78, 5) is 27.2. The summed E-state index contributed by atoms with van der Waals surface area (Å²) in [7, 11) is 0. The molecule has 0 bridgehead atoms. The van der Waals surface area contributed by atoms with Gasteiger partial charge in [-0.1, -0.05) is 13.8 Å². The summed E-state index contributed by atoms with van der Waals surface area (Å²) >= 11 is 0. The summed E-state index contributed by atoms with van der Waals surface area (Å²) in [5, 5.41) is 3.10. The summed E-state index contributed by atoms with van der Waals surface area (Å²) in [6, 6.07) is 0.168. The predicted octanol–water partition coefficient (Wildman–Crippen LogP) is -0.325. The summed E-state index contributed by atoms with van der Waals surface area (Å²) in [6.07, 6.45) is 1.03. The number of piperazine rings is 2. The fraction of sp³-hybridized carbons (Fsp3) is 0.833. The Morgan fingerprint density at radius 1 is 1.35 bits per heavy atom. The molecular weight excluding hydrogens is 218 g/mol. The summed E-state index contributed by atoms with van der Waals surface area (Å²) in [6.45, 7) is 7.26. The first-order valence-electron chi connectivity index (χ1n) is 6.36. The van der Waals surface area contributed by atoms with Gasteiger partial charge in [-0.05, 0) is 12.3 Å². The van der Waals surface area contributed by atoms with Gasteiger partial charge in [-0.25, -0.2) is 0 Å². The fourth-order valence-electron chi connectivity index (χ4n) is 2.37. The quantitative estimate of drug-likeness (QED) is 0.734. The maximum atomic E-state index is 11.9.